The SMILES string of the molecule is CCCNCc1cc(S(=O)(=O)NC(C)c2nccs2)c[nH]1. The molecule has 0 aliphatic heterocycles. The second-order valence-corrected chi connectivity index (χ2v) is 7.39. The van der Waals surface area contributed by atoms with E-state index in [-0.39, 0.29) is 10.9 Å². The highest BCUT2D eigenvalue weighted by Crippen LogP contribution is 2.19. The minimum Gasteiger partial charge on any atom is -0.363 e. The summed E-state index contributed by atoms with van der Waals surface area (Å²) in [6, 6.07) is 1.31. The third kappa shape index (κ3) is 4.37. The number of sulfonamides is 1. The van der Waals surface area contributed by atoms with E-state index < -0.39 is 10.0 Å². The van der Waals surface area contributed by atoms with Crippen LogP contribution in [0.15, 0.2) is 28.7 Å². The van der Waals surface area contributed by atoms with Crippen molar-refractivity contribution >= 4 is 21.4 Å². The quantitative estimate of drug-likeness (QED) is 0.647. The summed E-state index contributed by atoms with van der Waals surface area (Å²) in [7, 11) is -3.54. The zero-order chi connectivity index (χ0) is 15.3. The van der Waals surface area contributed by atoms with Crippen LogP contribution in [0.2, 0.25) is 0 Å². The lowest BCUT2D eigenvalue weighted by Gasteiger charge is -2.10. The van der Waals surface area contributed by atoms with E-state index in [4.69, 9.17) is 0 Å². The monoisotopic (exact) mass is 328 g/mol. The van der Waals surface area contributed by atoms with E-state index in [9.17, 15) is 8.42 Å². The molecule has 6 nitrogen and oxygen atoms in total. The Hall–Kier alpha value is -1.22. The maximum Gasteiger partial charge on any atom is 0.242 e. The van der Waals surface area contributed by atoms with Crippen molar-refractivity contribution in [1.82, 2.24) is 20.0 Å². The summed E-state index contributed by atoms with van der Waals surface area (Å²) in [6.45, 7) is 5.40. The average molecular weight is 328 g/mol. The molecule has 1 unspecified atom stereocenters. The normalized spacial score (nSPS) is 13.4. The Morgan fingerprint density at radius 1 is 1.48 bits per heavy atom. The van der Waals surface area contributed by atoms with Crippen LogP contribution in [-0.4, -0.2) is 24.9 Å². The predicted molar refractivity (Wildman–Crippen MR) is 83.6 cm³/mol. The van der Waals surface area contributed by atoms with E-state index in [1.165, 1.54) is 17.5 Å². The van der Waals surface area contributed by atoms with Gasteiger partial charge in [0.15, 0.2) is 0 Å². The first-order chi connectivity index (χ1) is 10.0. The molecule has 1 atom stereocenters. The van der Waals surface area contributed by atoms with Gasteiger partial charge in [-0.3, -0.25) is 0 Å². The summed E-state index contributed by atoms with van der Waals surface area (Å²) < 4.78 is 27.2. The third-order valence-electron chi connectivity index (χ3n) is 2.92. The molecule has 21 heavy (non-hydrogen) atoms. The fourth-order valence-electron chi connectivity index (χ4n) is 1.88. The molecule has 2 rings (SSSR count). The Bertz CT molecular complexity index is 650. The van der Waals surface area contributed by atoms with Crippen LogP contribution in [0.25, 0.3) is 0 Å². The first-order valence-electron chi connectivity index (χ1n) is 6.82. The standard InChI is InChI=1S/C13H20N4O2S2/c1-3-4-14-8-11-7-12(9-16-11)21(18,19)17-10(2)13-15-5-6-20-13/h5-7,9-10,14,16-17H,3-4,8H2,1-2H3. The Kier molecular flexibility index (Phi) is 5.51. The summed E-state index contributed by atoms with van der Waals surface area (Å²) in [5.74, 6) is 0. The number of hydrogen-bond donors (Lipinski definition) is 3. The summed E-state index contributed by atoms with van der Waals surface area (Å²) in [5.41, 5.74) is 0.853. The van der Waals surface area contributed by atoms with Crippen molar-refractivity contribution in [2.45, 2.75) is 37.8 Å². The van der Waals surface area contributed by atoms with Gasteiger partial charge in [-0.05, 0) is 26.0 Å². The number of rotatable bonds is 8. The lowest BCUT2D eigenvalue weighted by atomic mass is 10.4. The Morgan fingerprint density at radius 3 is 2.95 bits per heavy atom. The smallest absolute Gasteiger partial charge is 0.242 e. The van der Waals surface area contributed by atoms with E-state index in [1.54, 1.807) is 19.2 Å². The lowest BCUT2D eigenvalue weighted by Crippen LogP contribution is -2.26. The lowest BCUT2D eigenvalue weighted by molar-refractivity contribution is 0.566. The van der Waals surface area contributed by atoms with Crippen molar-refractivity contribution < 1.29 is 8.42 Å². The molecule has 0 radical (unpaired) electrons. The van der Waals surface area contributed by atoms with Gasteiger partial charge in [-0.1, -0.05) is 6.92 Å². The van der Waals surface area contributed by atoms with Crippen LogP contribution in [0.5, 0.6) is 0 Å². The molecule has 3 N–H and O–H groups in total. The molecule has 0 bridgehead atoms. The predicted octanol–water partition coefficient (Wildman–Crippen LogP) is 2.01. The van der Waals surface area contributed by atoms with E-state index in [2.05, 4.69) is 26.9 Å². The number of nitrogens with one attached hydrogen (secondary N) is 3. The molecule has 0 aliphatic rings. The van der Waals surface area contributed by atoms with E-state index in [0.717, 1.165) is 23.7 Å². The van der Waals surface area contributed by atoms with E-state index in [0.29, 0.717) is 6.54 Å². The van der Waals surface area contributed by atoms with Crippen LogP contribution < -0.4 is 10.0 Å². The van der Waals surface area contributed by atoms with Crippen molar-refractivity contribution in [3.05, 3.63) is 34.5 Å². The first-order valence-corrected chi connectivity index (χ1v) is 9.19. The fraction of sp³-hybridized carbons (Fsp3) is 0.462. The molecule has 0 fully saturated rings. The van der Waals surface area contributed by atoms with Gasteiger partial charge in [0.2, 0.25) is 10.0 Å². The van der Waals surface area contributed by atoms with Crippen LogP contribution in [0.4, 0.5) is 0 Å². The van der Waals surface area contributed by atoms with Gasteiger partial charge in [0.05, 0.1) is 10.9 Å². The highest BCUT2D eigenvalue weighted by atomic mass is 32.2. The molecule has 0 spiro atoms. The van der Waals surface area contributed by atoms with Crippen molar-refractivity contribution in [3.8, 4) is 0 Å². The Labute approximate surface area is 129 Å². The summed E-state index contributed by atoms with van der Waals surface area (Å²) in [4.78, 5) is 7.36. The van der Waals surface area contributed by atoms with Crippen molar-refractivity contribution in [2.24, 2.45) is 0 Å². The Balaban J connectivity index is 2.02. The summed E-state index contributed by atoms with van der Waals surface area (Å²) in [6.07, 6.45) is 4.22. The van der Waals surface area contributed by atoms with Crippen LogP contribution in [0.3, 0.4) is 0 Å². The molecule has 116 valence electrons. The van der Waals surface area contributed by atoms with Crippen molar-refractivity contribution in [1.29, 1.82) is 0 Å². The van der Waals surface area contributed by atoms with Crippen molar-refractivity contribution in [3.63, 3.8) is 0 Å². The first kappa shape index (κ1) is 16.2. The molecule has 0 saturated carbocycles. The molecular formula is C13H20N4O2S2. The molecule has 0 amide bonds. The zero-order valence-corrected chi connectivity index (χ0v) is 13.7. The minimum absolute atomic E-state index is 0.249. The maximum atomic E-state index is 12.3. The minimum atomic E-state index is -3.54. The van der Waals surface area contributed by atoms with E-state index in [1.807, 2.05) is 5.38 Å². The second kappa shape index (κ2) is 7.17. The van der Waals surface area contributed by atoms with Gasteiger partial charge in [-0.25, -0.2) is 18.1 Å². The highest BCUT2D eigenvalue weighted by Gasteiger charge is 2.20. The molecule has 0 aliphatic carbocycles. The fourth-order valence-corrected chi connectivity index (χ4v) is 3.82. The number of nitrogens with zero attached hydrogens (tertiary/aromatic N) is 1. The number of aromatic nitrogens is 2. The van der Waals surface area contributed by atoms with Crippen LogP contribution >= 0.6 is 11.3 Å². The molecule has 0 aromatic carbocycles. The summed E-state index contributed by atoms with van der Waals surface area (Å²) >= 11 is 1.43. The van der Waals surface area contributed by atoms with Gasteiger partial charge in [0, 0.05) is 30.0 Å². The van der Waals surface area contributed by atoms with Gasteiger partial charge >= 0.3 is 0 Å². The van der Waals surface area contributed by atoms with Gasteiger partial charge in [0.1, 0.15) is 5.01 Å². The van der Waals surface area contributed by atoms with Crippen LogP contribution in [0, 0.1) is 0 Å². The van der Waals surface area contributed by atoms with Gasteiger partial charge in [0.25, 0.3) is 0 Å². The zero-order valence-electron chi connectivity index (χ0n) is 12.1. The third-order valence-corrected chi connectivity index (χ3v) is 5.40. The number of aromatic amines is 1. The van der Waals surface area contributed by atoms with E-state index >= 15 is 0 Å². The van der Waals surface area contributed by atoms with Gasteiger partial charge < -0.3 is 10.3 Å². The maximum absolute atomic E-state index is 12.3. The molecule has 2 heterocycles. The van der Waals surface area contributed by atoms with Gasteiger partial charge in [-0.15, -0.1) is 11.3 Å². The number of H-pyrrole nitrogens is 1. The molecule has 2 aromatic rings. The largest absolute Gasteiger partial charge is 0.363 e. The van der Waals surface area contributed by atoms with Gasteiger partial charge in [-0.2, -0.15) is 0 Å². The molecule has 0 saturated heterocycles. The Morgan fingerprint density at radius 2 is 2.29 bits per heavy atom. The second-order valence-electron chi connectivity index (χ2n) is 4.75. The number of thiazole rings is 1. The topological polar surface area (TPSA) is 86.9 Å². The number of hydrogen-bond acceptors (Lipinski definition) is 5. The van der Waals surface area contributed by atoms with Crippen molar-refractivity contribution in [2.75, 3.05) is 6.54 Å². The highest BCUT2D eigenvalue weighted by molar-refractivity contribution is 7.89. The summed E-state index contributed by atoms with van der Waals surface area (Å²) in [5, 5.41) is 5.80. The molecule has 2 aromatic heterocycles. The molecular weight excluding hydrogens is 308 g/mol. The van der Waals surface area contributed by atoms with Crippen LogP contribution in [-0.2, 0) is 16.6 Å². The molecule has 8 heteroatoms. The van der Waals surface area contributed by atoms with Crippen LogP contribution in [0.1, 0.15) is 37.0 Å². The average Bonchev–Trinajstić information content (AvgIpc) is 3.10.